The zero-order chi connectivity index (χ0) is 10.7. The number of anilines is 1. The molecule has 0 fully saturated rings. The van der Waals surface area contributed by atoms with E-state index in [0.29, 0.717) is 29.0 Å². The van der Waals surface area contributed by atoms with Crippen LogP contribution in [0.5, 0.6) is 0 Å². The van der Waals surface area contributed by atoms with E-state index in [1.807, 2.05) is 0 Å². The van der Waals surface area contributed by atoms with Crippen LogP contribution in [0.25, 0.3) is 17.1 Å². The highest BCUT2D eigenvalue weighted by atomic mass is 16.1. The number of rotatable bonds is 3. The van der Waals surface area contributed by atoms with Crippen LogP contribution in [0.15, 0.2) is 12.4 Å². The Balaban J connectivity index is 2.48. The van der Waals surface area contributed by atoms with Gasteiger partial charge in [0, 0.05) is 6.42 Å². The molecular weight excluding hydrogens is 194 g/mol. The number of aromatic amines is 1. The van der Waals surface area contributed by atoms with Crippen LogP contribution in [0.1, 0.15) is 12.1 Å². The number of aromatic nitrogens is 4. The topological polar surface area (TPSA) is 97.5 Å². The number of nitrogens with two attached hydrogens (primary N) is 1. The van der Waals surface area contributed by atoms with Gasteiger partial charge in [0.1, 0.15) is 18.4 Å². The summed E-state index contributed by atoms with van der Waals surface area (Å²) in [5.41, 5.74) is 6.93. The molecule has 0 unspecified atom stereocenters. The Morgan fingerprint density at radius 3 is 3.13 bits per heavy atom. The Bertz CT molecular complexity index is 516. The maximum Gasteiger partial charge on any atom is 0.186 e. The smallest absolute Gasteiger partial charge is 0.186 e. The number of hydrogen-bond donors (Lipinski definition) is 2. The minimum atomic E-state index is 0.355. The number of nitrogens with one attached hydrogen (secondary N) is 1. The number of aldehydes is 1. The zero-order valence-electron chi connectivity index (χ0n) is 7.84. The Kier molecular flexibility index (Phi) is 2.40. The van der Waals surface area contributed by atoms with Gasteiger partial charge in [-0.05, 0) is 6.08 Å². The lowest BCUT2D eigenvalue weighted by Gasteiger charge is -1.93. The van der Waals surface area contributed by atoms with Crippen molar-refractivity contribution in [2.24, 2.45) is 0 Å². The number of nitrogens with zero attached hydrogens (tertiary/aromatic N) is 3. The van der Waals surface area contributed by atoms with Crippen LogP contribution in [0.2, 0.25) is 0 Å². The maximum absolute atomic E-state index is 10.1. The number of fused-ring (bicyclic) bond motifs is 1. The molecule has 0 saturated carbocycles. The average molecular weight is 203 g/mol. The van der Waals surface area contributed by atoms with Gasteiger partial charge < -0.3 is 10.5 Å². The monoisotopic (exact) mass is 203 g/mol. The van der Waals surface area contributed by atoms with Gasteiger partial charge in [-0.2, -0.15) is 5.10 Å². The van der Waals surface area contributed by atoms with Crippen molar-refractivity contribution >= 4 is 29.2 Å². The average Bonchev–Trinajstić information content (AvgIpc) is 2.63. The van der Waals surface area contributed by atoms with Crippen molar-refractivity contribution < 1.29 is 4.79 Å². The summed E-state index contributed by atoms with van der Waals surface area (Å²) < 4.78 is 0. The van der Waals surface area contributed by atoms with Crippen LogP contribution in [-0.2, 0) is 4.79 Å². The van der Waals surface area contributed by atoms with E-state index in [1.165, 1.54) is 6.33 Å². The number of hydrogen-bond acceptors (Lipinski definition) is 5. The first-order valence-corrected chi connectivity index (χ1v) is 4.37. The second-order valence-corrected chi connectivity index (χ2v) is 2.90. The fourth-order valence-electron chi connectivity index (χ4n) is 1.26. The summed E-state index contributed by atoms with van der Waals surface area (Å²) in [6.07, 6.45) is 5.98. The van der Waals surface area contributed by atoms with E-state index in [0.717, 1.165) is 6.29 Å². The summed E-state index contributed by atoms with van der Waals surface area (Å²) in [5, 5.41) is 7.42. The molecule has 2 aromatic rings. The van der Waals surface area contributed by atoms with Crippen molar-refractivity contribution in [3.63, 3.8) is 0 Å². The van der Waals surface area contributed by atoms with Crippen molar-refractivity contribution in [1.29, 1.82) is 0 Å². The first kappa shape index (κ1) is 9.32. The minimum absolute atomic E-state index is 0.355. The van der Waals surface area contributed by atoms with Crippen LogP contribution in [-0.4, -0.2) is 26.5 Å². The Hall–Kier alpha value is -2.24. The predicted molar refractivity (Wildman–Crippen MR) is 55.8 cm³/mol. The molecular formula is C9H9N5O. The fraction of sp³-hybridized carbons (Fsp3) is 0.111. The molecule has 0 aromatic carbocycles. The van der Waals surface area contributed by atoms with Gasteiger partial charge in [-0.3, -0.25) is 5.10 Å². The van der Waals surface area contributed by atoms with Gasteiger partial charge in [0.05, 0.1) is 11.1 Å². The molecule has 0 aliphatic carbocycles. The summed E-state index contributed by atoms with van der Waals surface area (Å²) in [4.78, 5) is 18.0. The van der Waals surface area contributed by atoms with E-state index in [1.54, 1.807) is 12.2 Å². The molecule has 3 N–H and O–H groups in total. The largest absolute Gasteiger partial charge is 0.383 e. The number of carbonyl (C=O) groups is 1. The third-order valence-corrected chi connectivity index (χ3v) is 1.93. The normalized spacial score (nSPS) is 11.2. The van der Waals surface area contributed by atoms with Crippen LogP contribution in [0.3, 0.4) is 0 Å². The van der Waals surface area contributed by atoms with Gasteiger partial charge in [-0.1, -0.05) is 6.08 Å². The standard InChI is InChI=1S/C9H9N5O/c10-8-7-6(3-1-2-4-15)13-14-9(7)12-5-11-8/h1,3-5H,2H2,(H3,10,11,12,13,14). The van der Waals surface area contributed by atoms with Crippen LogP contribution < -0.4 is 5.73 Å². The van der Waals surface area contributed by atoms with Gasteiger partial charge in [0.25, 0.3) is 0 Å². The van der Waals surface area contributed by atoms with Crippen LogP contribution >= 0.6 is 0 Å². The first-order chi connectivity index (χ1) is 7.33. The molecule has 0 aliphatic heterocycles. The lowest BCUT2D eigenvalue weighted by molar-refractivity contribution is -0.107. The van der Waals surface area contributed by atoms with E-state index >= 15 is 0 Å². The van der Waals surface area contributed by atoms with Gasteiger partial charge >= 0.3 is 0 Å². The van der Waals surface area contributed by atoms with E-state index < -0.39 is 0 Å². The molecule has 2 heterocycles. The molecule has 0 saturated heterocycles. The molecule has 76 valence electrons. The second kappa shape index (κ2) is 3.87. The lowest BCUT2D eigenvalue weighted by atomic mass is 10.2. The molecule has 15 heavy (non-hydrogen) atoms. The Labute approximate surface area is 85.2 Å². The van der Waals surface area contributed by atoms with Crippen molar-refractivity contribution in [2.75, 3.05) is 5.73 Å². The molecule has 0 aliphatic rings. The third-order valence-electron chi connectivity index (χ3n) is 1.93. The summed E-state index contributed by atoms with van der Waals surface area (Å²) in [6.45, 7) is 0. The molecule has 0 spiro atoms. The zero-order valence-corrected chi connectivity index (χ0v) is 7.84. The van der Waals surface area contributed by atoms with Gasteiger partial charge in [-0.25, -0.2) is 9.97 Å². The first-order valence-electron chi connectivity index (χ1n) is 4.37. The minimum Gasteiger partial charge on any atom is -0.383 e. The van der Waals surface area contributed by atoms with Gasteiger partial charge in [-0.15, -0.1) is 0 Å². The Morgan fingerprint density at radius 2 is 2.33 bits per heavy atom. The van der Waals surface area contributed by atoms with E-state index in [4.69, 9.17) is 5.73 Å². The number of allylic oxidation sites excluding steroid dienone is 1. The fourth-order valence-corrected chi connectivity index (χ4v) is 1.26. The lowest BCUT2D eigenvalue weighted by Crippen LogP contribution is -1.92. The van der Waals surface area contributed by atoms with E-state index in [2.05, 4.69) is 20.2 Å². The molecule has 0 atom stereocenters. The van der Waals surface area contributed by atoms with E-state index in [-0.39, 0.29) is 0 Å². The number of H-pyrrole nitrogens is 1. The number of carbonyl (C=O) groups excluding carboxylic acids is 1. The summed E-state index contributed by atoms with van der Waals surface area (Å²) in [5.74, 6) is 0.375. The van der Waals surface area contributed by atoms with Crippen molar-refractivity contribution in [2.45, 2.75) is 6.42 Å². The number of nitrogen functional groups attached to an aromatic ring is 1. The molecule has 6 heteroatoms. The third kappa shape index (κ3) is 1.69. The quantitative estimate of drug-likeness (QED) is 0.709. The van der Waals surface area contributed by atoms with Crippen LogP contribution in [0, 0.1) is 0 Å². The highest BCUT2D eigenvalue weighted by molar-refractivity contribution is 5.92. The highest BCUT2D eigenvalue weighted by Gasteiger charge is 2.07. The SMILES string of the molecule is Nc1ncnc2n[nH]c(C=CCC=O)c12. The molecule has 2 aromatic heterocycles. The van der Waals surface area contributed by atoms with Crippen LogP contribution in [0.4, 0.5) is 5.82 Å². The molecule has 0 radical (unpaired) electrons. The van der Waals surface area contributed by atoms with Gasteiger partial charge in [0.15, 0.2) is 5.65 Å². The van der Waals surface area contributed by atoms with Gasteiger partial charge in [0.2, 0.25) is 0 Å². The summed E-state index contributed by atoms with van der Waals surface area (Å²) in [6, 6.07) is 0. The van der Waals surface area contributed by atoms with Crippen molar-refractivity contribution in [3.05, 3.63) is 18.1 Å². The molecule has 0 amide bonds. The predicted octanol–water partition coefficient (Wildman–Crippen LogP) is 0.537. The summed E-state index contributed by atoms with van der Waals surface area (Å²) in [7, 11) is 0. The summed E-state index contributed by atoms with van der Waals surface area (Å²) >= 11 is 0. The van der Waals surface area contributed by atoms with Crippen molar-refractivity contribution in [1.82, 2.24) is 20.2 Å². The molecule has 0 bridgehead atoms. The Morgan fingerprint density at radius 1 is 1.47 bits per heavy atom. The van der Waals surface area contributed by atoms with Crippen molar-refractivity contribution in [3.8, 4) is 0 Å². The maximum atomic E-state index is 10.1. The van der Waals surface area contributed by atoms with E-state index in [9.17, 15) is 4.79 Å². The highest BCUT2D eigenvalue weighted by Crippen LogP contribution is 2.19. The molecule has 2 rings (SSSR count). The second-order valence-electron chi connectivity index (χ2n) is 2.90. The molecule has 6 nitrogen and oxygen atoms in total.